The zero-order valence-corrected chi connectivity index (χ0v) is 15.8. The Bertz CT molecular complexity index is 1120. The molecule has 0 aliphatic rings. The number of aromatic nitrogens is 1. The number of nitrogens with zero attached hydrogens (tertiary/aromatic N) is 1. The van der Waals surface area contributed by atoms with E-state index in [9.17, 15) is 22.3 Å². The van der Waals surface area contributed by atoms with Crippen molar-refractivity contribution >= 4 is 21.4 Å². The Morgan fingerprint density at radius 2 is 1.78 bits per heavy atom. The molecule has 0 aliphatic heterocycles. The van der Waals surface area contributed by atoms with E-state index < -0.39 is 33.0 Å². The zero-order valence-electron chi connectivity index (χ0n) is 14.3. The summed E-state index contributed by atoms with van der Waals surface area (Å²) in [4.78, 5) is -1.02. The van der Waals surface area contributed by atoms with Crippen LogP contribution in [0.2, 0.25) is 5.02 Å². The maximum atomic E-state index is 14.3. The average Bonchev–Trinajstić information content (AvgIpc) is 2.99. The van der Waals surface area contributed by atoms with E-state index in [1.807, 2.05) is 6.92 Å². The van der Waals surface area contributed by atoms with Crippen LogP contribution in [0.1, 0.15) is 11.3 Å². The van der Waals surface area contributed by atoms with E-state index in [4.69, 9.17) is 16.1 Å². The van der Waals surface area contributed by atoms with E-state index in [0.29, 0.717) is 16.8 Å². The topological polar surface area (TPSA) is 80.4 Å². The van der Waals surface area contributed by atoms with Gasteiger partial charge in [0.1, 0.15) is 28.8 Å². The highest BCUT2D eigenvalue weighted by Crippen LogP contribution is 2.37. The molecule has 0 fully saturated rings. The third kappa shape index (κ3) is 3.60. The molecule has 0 aliphatic carbocycles. The minimum Gasteiger partial charge on any atom is -0.388 e. The molecular formula is C18H14ClF2NO4S. The van der Waals surface area contributed by atoms with Crippen molar-refractivity contribution in [1.82, 2.24) is 5.16 Å². The number of sulfone groups is 1. The molecule has 3 rings (SSSR count). The van der Waals surface area contributed by atoms with E-state index >= 15 is 0 Å². The number of hydrogen-bond acceptors (Lipinski definition) is 5. The van der Waals surface area contributed by atoms with Crippen LogP contribution < -0.4 is 0 Å². The lowest BCUT2D eigenvalue weighted by Crippen LogP contribution is -2.05. The molecule has 1 aromatic heterocycles. The van der Waals surface area contributed by atoms with Gasteiger partial charge in [0.25, 0.3) is 0 Å². The van der Waals surface area contributed by atoms with Crippen molar-refractivity contribution in [3.05, 3.63) is 58.3 Å². The molecule has 0 radical (unpaired) electrons. The SMILES string of the molecule is Cc1ccc(-c2noc(CO)c2-c2cc(F)c(S(C)(=O)=O)c(F)c2)cc1Cl. The van der Waals surface area contributed by atoms with Crippen LogP contribution >= 0.6 is 11.6 Å². The normalized spacial score (nSPS) is 11.8. The van der Waals surface area contributed by atoms with Crippen molar-refractivity contribution in [1.29, 1.82) is 0 Å². The fourth-order valence-electron chi connectivity index (χ4n) is 2.73. The Balaban J connectivity index is 2.26. The minimum absolute atomic E-state index is 0.0191. The van der Waals surface area contributed by atoms with Crippen LogP contribution in [0, 0.1) is 18.6 Å². The molecule has 0 saturated carbocycles. The van der Waals surface area contributed by atoms with Gasteiger partial charge in [0.2, 0.25) is 0 Å². The molecule has 2 aromatic carbocycles. The number of aliphatic hydroxyl groups is 1. The van der Waals surface area contributed by atoms with Crippen LogP contribution in [0.25, 0.3) is 22.4 Å². The first-order valence-corrected chi connectivity index (χ1v) is 9.95. The molecule has 27 heavy (non-hydrogen) atoms. The smallest absolute Gasteiger partial charge is 0.181 e. The highest BCUT2D eigenvalue weighted by atomic mass is 35.5. The van der Waals surface area contributed by atoms with Gasteiger partial charge in [-0.05, 0) is 36.2 Å². The Labute approximate surface area is 159 Å². The second kappa shape index (κ2) is 7.03. The fourth-order valence-corrected chi connectivity index (χ4v) is 3.73. The lowest BCUT2D eigenvalue weighted by Gasteiger charge is -2.09. The summed E-state index contributed by atoms with van der Waals surface area (Å²) in [6.07, 6.45) is 0.715. The molecule has 9 heteroatoms. The lowest BCUT2D eigenvalue weighted by atomic mass is 9.98. The van der Waals surface area contributed by atoms with Crippen LogP contribution in [0.5, 0.6) is 0 Å². The number of aliphatic hydroxyl groups excluding tert-OH is 1. The molecule has 0 saturated heterocycles. The molecule has 5 nitrogen and oxygen atoms in total. The predicted octanol–water partition coefficient (Wildman–Crippen LogP) is 4.14. The predicted molar refractivity (Wildman–Crippen MR) is 96.1 cm³/mol. The van der Waals surface area contributed by atoms with Crippen molar-refractivity contribution in [2.75, 3.05) is 6.26 Å². The standard InChI is InChI=1S/C18H14ClF2NO4S/c1-9-3-4-10(5-12(9)19)17-16(15(8-23)26-22-17)11-6-13(20)18(14(21)7-11)27(2,24)25/h3-7,23H,8H2,1-2H3. The Hall–Kier alpha value is -2.29. The van der Waals surface area contributed by atoms with Gasteiger partial charge in [-0.2, -0.15) is 0 Å². The second-order valence-electron chi connectivity index (χ2n) is 5.99. The van der Waals surface area contributed by atoms with E-state index in [0.717, 1.165) is 17.7 Å². The molecule has 0 unspecified atom stereocenters. The monoisotopic (exact) mass is 413 g/mol. The minimum atomic E-state index is -4.09. The largest absolute Gasteiger partial charge is 0.388 e. The van der Waals surface area contributed by atoms with Gasteiger partial charge in [-0.1, -0.05) is 28.9 Å². The van der Waals surface area contributed by atoms with Crippen LogP contribution in [0.4, 0.5) is 8.78 Å². The maximum Gasteiger partial charge on any atom is 0.181 e. The highest BCUT2D eigenvalue weighted by molar-refractivity contribution is 7.90. The Kier molecular flexibility index (Phi) is 5.07. The molecule has 3 aromatic rings. The van der Waals surface area contributed by atoms with E-state index in [2.05, 4.69) is 5.16 Å². The number of benzene rings is 2. The molecule has 0 atom stereocenters. The summed E-state index contributed by atoms with van der Waals surface area (Å²) < 4.78 is 56.9. The molecular weight excluding hydrogens is 400 g/mol. The van der Waals surface area contributed by atoms with Gasteiger partial charge in [-0.25, -0.2) is 17.2 Å². The third-order valence-electron chi connectivity index (χ3n) is 4.01. The van der Waals surface area contributed by atoms with Gasteiger partial charge in [-0.15, -0.1) is 0 Å². The molecule has 0 amide bonds. The van der Waals surface area contributed by atoms with E-state index in [-0.39, 0.29) is 22.6 Å². The second-order valence-corrected chi connectivity index (χ2v) is 8.35. The number of halogens is 3. The highest BCUT2D eigenvalue weighted by Gasteiger charge is 2.25. The van der Waals surface area contributed by atoms with Crippen LogP contribution in [0.3, 0.4) is 0 Å². The van der Waals surface area contributed by atoms with Crippen molar-refractivity contribution in [2.24, 2.45) is 0 Å². The van der Waals surface area contributed by atoms with Crippen molar-refractivity contribution in [3.8, 4) is 22.4 Å². The van der Waals surface area contributed by atoms with Gasteiger partial charge in [-0.3, -0.25) is 0 Å². The number of aryl methyl sites for hydroxylation is 1. The molecule has 1 N–H and O–H groups in total. The first kappa shape index (κ1) is 19.5. The lowest BCUT2D eigenvalue weighted by molar-refractivity contribution is 0.230. The van der Waals surface area contributed by atoms with Crippen molar-refractivity contribution < 1.29 is 26.8 Å². The summed E-state index contributed by atoms with van der Waals surface area (Å²) in [5, 5.41) is 13.9. The van der Waals surface area contributed by atoms with Crippen LogP contribution in [-0.2, 0) is 16.4 Å². The van der Waals surface area contributed by atoms with Crippen LogP contribution in [0.15, 0.2) is 39.8 Å². The van der Waals surface area contributed by atoms with Crippen molar-refractivity contribution in [2.45, 2.75) is 18.4 Å². The summed E-state index contributed by atoms with van der Waals surface area (Å²) in [6, 6.07) is 6.77. The quantitative estimate of drug-likeness (QED) is 0.695. The maximum absolute atomic E-state index is 14.3. The summed E-state index contributed by atoms with van der Waals surface area (Å²) in [5.41, 5.74) is 1.68. The number of hydrogen-bond donors (Lipinski definition) is 1. The van der Waals surface area contributed by atoms with E-state index in [1.165, 1.54) is 0 Å². The molecule has 142 valence electrons. The average molecular weight is 414 g/mol. The molecule has 1 heterocycles. The molecule has 0 spiro atoms. The van der Waals surface area contributed by atoms with Crippen LogP contribution in [-0.4, -0.2) is 24.9 Å². The van der Waals surface area contributed by atoms with Gasteiger partial charge in [0, 0.05) is 16.8 Å². The Morgan fingerprint density at radius 1 is 1.15 bits per heavy atom. The Morgan fingerprint density at radius 3 is 2.30 bits per heavy atom. The first-order chi connectivity index (χ1) is 12.6. The third-order valence-corrected chi connectivity index (χ3v) is 5.55. The fraction of sp³-hybridized carbons (Fsp3) is 0.167. The van der Waals surface area contributed by atoms with Gasteiger partial charge in [0.05, 0.1) is 5.56 Å². The van der Waals surface area contributed by atoms with E-state index in [1.54, 1.807) is 18.2 Å². The number of rotatable bonds is 4. The summed E-state index contributed by atoms with van der Waals surface area (Å²) >= 11 is 6.13. The first-order valence-electron chi connectivity index (χ1n) is 7.69. The van der Waals surface area contributed by atoms with Gasteiger partial charge >= 0.3 is 0 Å². The zero-order chi connectivity index (χ0) is 19.9. The van der Waals surface area contributed by atoms with Gasteiger partial charge < -0.3 is 9.63 Å². The van der Waals surface area contributed by atoms with Gasteiger partial charge in [0.15, 0.2) is 15.6 Å². The summed E-state index contributed by atoms with van der Waals surface area (Å²) in [5.74, 6) is -2.51. The summed E-state index contributed by atoms with van der Waals surface area (Å²) in [7, 11) is -4.09. The van der Waals surface area contributed by atoms with Crippen molar-refractivity contribution in [3.63, 3.8) is 0 Å². The summed E-state index contributed by atoms with van der Waals surface area (Å²) in [6.45, 7) is 1.24. The molecule has 0 bridgehead atoms.